The average Bonchev–Trinajstić information content (AvgIpc) is 3.06. The molecule has 0 unspecified atom stereocenters. The van der Waals surface area contributed by atoms with Gasteiger partial charge in [-0.3, -0.25) is 19.8 Å². The summed E-state index contributed by atoms with van der Waals surface area (Å²) in [5.74, 6) is -2.94. The number of carbonyl (C=O) groups is 3. The number of carbonyl (C=O) groups excluding carboxylic acids is 2. The summed E-state index contributed by atoms with van der Waals surface area (Å²) in [5, 5.41) is 11.5. The Hall–Kier alpha value is -3.82. The number of thiocarbonyl (C=S) groups is 1. The smallest absolute Gasteiger partial charge is 0.335 e. The molecule has 3 aromatic rings. The Morgan fingerprint density at radius 3 is 2.35 bits per heavy atom. The van der Waals surface area contributed by atoms with Gasteiger partial charge >= 0.3 is 5.97 Å². The highest BCUT2D eigenvalue weighted by atomic mass is 35.5. The zero-order valence-corrected chi connectivity index (χ0v) is 19.5. The number of aromatic carboxylic acids is 1. The summed E-state index contributed by atoms with van der Waals surface area (Å²) < 4.78 is 15.4. The van der Waals surface area contributed by atoms with Gasteiger partial charge in [-0.25, -0.2) is 9.18 Å². The van der Waals surface area contributed by atoms with Crippen molar-refractivity contribution in [1.82, 2.24) is 9.88 Å². The van der Waals surface area contributed by atoms with E-state index in [1.807, 2.05) is 11.5 Å². The molecule has 2 heterocycles. The van der Waals surface area contributed by atoms with E-state index in [9.17, 15) is 18.8 Å². The Morgan fingerprint density at radius 2 is 1.74 bits per heavy atom. The number of hydrogen-bond donors (Lipinski definition) is 2. The Bertz CT molecular complexity index is 1410. The van der Waals surface area contributed by atoms with Crippen molar-refractivity contribution in [2.24, 2.45) is 0 Å². The summed E-state index contributed by atoms with van der Waals surface area (Å²) in [6.45, 7) is 3.63. The molecule has 2 amide bonds. The van der Waals surface area contributed by atoms with E-state index in [4.69, 9.17) is 28.9 Å². The lowest BCUT2D eigenvalue weighted by atomic mass is 10.1. The first kappa shape index (κ1) is 23.3. The lowest BCUT2D eigenvalue weighted by molar-refractivity contribution is -0.122. The Labute approximate surface area is 204 Å². The van der Waals surface area contributed by atoms with Gasteiger partial charge in [-0.2, -0.15) is 0 Å². The largest absolute Gasteiger partial charge is 0.478 e. The fourth-order valence-electron chi connectivity index (χ4n) is 3.76. The van der Waals surface area contributed by atoms with E-state index < -0.39 is 23.6 Å². The molecule has 1 aromatic heterocycles. The molecule has 2 aromatic carbocycles. The molecule has 172 valence electrons. The maximum absolute atomic E-state index is 13.6. The van der Waals surface area contributed by atoms with Crippen molar-refractivity contribution < 1.29 is 23.9 Å². The number of nitrogens with zero attached hydrogens (tertiary/aromatic N) is 2. The topological polar surface area (TPSA) is 91.6 Å². The highest BCUT2D eigenvalue weighted by Crippen LogP contribution is 2.28. The first-order valence-corrected chi connectivity index (χ1v) is 10.8. The minimum atomic E-state index is -1.11. The standard InChI is InChI=1S/C24H17ClFN3O4S/c1-12-9-15(13(2)28(12)17-7-8-20(26)19(25)11-17)10-18-21(30)27-24(34)29(22(18)31)16-5-3-14(4-6-16)23(32)33/h3-11H,1-2H3,(H,32,33)(H,27,30,34)/b18-10+. The first-order chi connectivity index (χ1) is 16.1. The molecular formula is C24H17ClFN3O4S. The highest BCUT2D eigenvalue weighted by molar-refractivity contribution is 7.80. The van der Waals surface area contributed by atoms with Gasteiger partial charge in [0.25, 0.3) is 11.8 Å². The molecule has 0 saturated carbocycles. The van der Waals surface area contributed by atoms with Crippen LogP contribution in [0.15, 0.2) is 54.1 Å². The second kappa shape index (κ2) is 8.85. The van der Waals surface area contributed by atoms with Crippen LogP contribution in [-0.2, 0) is 9.59 Å². The van der Waals surface area contributed by atoms with Gasteiger partial charge in [-0.15, -0.1) is 0 Å². The number of amides is 2. The van der Waals surface area contributed by atoms with Crippen LogP contribution in [0.2, 0.25) is 5.02 Å². The second-order valence-electron chi connectivity index (χ2n) is 7.57. The van der Waals surface area contributed by atoms with E-state index in [-0.39, 0.29) is 21.3 Å². The van der Waals surface area contributed by atoms with Crippen LogP contribution in [0.3, 0.4) is 0 Å². The van der Waals surface area contributed by atoms with Gasteiger partial charge in [0.2, 0.25) is 0 Å². The third-order valence-corrected chi connectivity index (χ3v) is 5.98. The summed E-state index contributed by atoms with van der Waals surface area (Å²) in [4.78, 5) is 38.1. The van der Waals surface area contributed by atoms with E-state index in [1.54, 1.807) is 19.1 Å². The van der Waals surface area contributed by atoms with Crippen LogP contribution < -0.4 is 10.2 Å². The van der Waals surface area contributed by atoms with E-state index in [0.29, 0.717) is 22.6 Å². The van der Waals surface area contributed by atoms with Crippen LogP contribution >= 0.6 is 23.8 Å². The molecule has 4 rings (SSSR count). The number of halogens is 2. The molecule has 1 saturated heterocycles. The summed E-state index contributed by atoms with van der Waals surface area (Å²) in [5.41, 5.74) is 2.95. The number of anilines is 1. The normalized spacial score (nSPS) is 15.1. The number of benzene rings is 2. The summed E-state index contributed by atoms with van der Waals surface area (Å²) >= 11 is 11.1. The molecule has 0 atom stereocenters. The van der Waals surface area contributed by atoms with Gasteiger partial charge < -0.3 is 9.67 Å². The lowest BCUT2D eigenvalue weighted by Crippen LogP contribution is -2.54. The van der Waals surface area contributed by atoms with Crippen molar-refractivity contribution in [1.29, 1.82) is 0 Å². The predicted octanol–water partition coefficient (Wildman–Crippen LogP) is 4.42. The third kappa shape index (κ3) is 4.11. The number of carboxylic acid groups (broad SMARTS) is 1. The highest BCUT2D eigenvalue weighted by Gasteiger charge is 2.34. The van der Waals surface area contributed by atoms with Crippen molar-refractivity contribution in [3.63, 3.8) is 0 Å². The third-order valence-electron chi connectivity index (χ3n) is 5.41. The Kier molecular flexibility index (Phi) is 6.07. The van der Waals surface area contributed by atoms with E-state index in [2.05, 4.69) is 5.32 Å². The zero-order valence-electron chi connectivity index (χ0n) is 17.9. The van der Waals surface area contributed by atoms with Crippen LogP contribution in [0.1, 0.15) is 27.3 Å². The number of aryl methyl sites for hydroxylation is 1. The van der Waals surface area contributed by atoms with Gasteiger partial charge in [0.05, 0.1) is 16.3 Å². The zero-order chi connectivity index (χ0) is 24.7. The quantitative estimate of drug-likeness (QED) is 0.316. The first-order valence-electron chi connectivity index (χ1n) is 9.97. The van der Waals surface area contributed by atoms with Crippen LogP contribution in [0.5, 0.6) is 0 Å². The Balaban J connectivity index is 1.74. The molecule has 2 N–H and O–H groups in total. The van der Waals surface area contributed by atoms with Crippen molar-refractivity contribution in [3.05, 3.63) is 87.5 Å². The summed E-state index contributed by atoms with van der Waals surface area (Å²) in [7, 11) is 0. The molecule has 0 aliphatic carbocycles. The molecule has 0 radical (unpaired) electrons. The number of hydrogen-bond acceptors (Lipinski definition) is 4. The van der Waals surface area contributed by atoms with Gasteiger partial charge in [-0.05, 0) is 86.2 Å². The molecule has 34 heavy (non-hydrogen) atoms. The minimum Gasteiger partial charge on any atom is -0.478 e. The van der Waals surface area contributed by atoms with Crippen molar-refractivity contribution in [2.75, 3.05) is 4.90 Å². The van der Waals surface area contributed by atoms with Crippen LogP contribution in [-0.4, -0.2) is 32.6 Å². The molecule has 7 nitrogen and oxygen atoms in total. The summed E-state index contributed by atoms with van der Waals surface area (Å²) in [6, 6.07) is 11.7. The maximum Gasteiger partial charge on any atom is 0.335 e. The number of rotatable bonds is 4. The van der Waals surface area contributed by atoms with Crippen LogP contribution in [0.25, 0.3) is 11.8 Å². The van der Waals surface area contributed by atoms with Crippen LogP contribution in [0, 0.1) is 19.7 Å². The maximum atomic E-state index is 13.6. The number of aromatic nitrogens is 1. The number of nitrogens with one attached hydrogen (secondary N) is 1. The van der Waals surface area contributed by atoms with E-state index in [0.717, 1.165) is 10.6 Å². The van der Waals surface area contributed by atoms with E-state index in [1.165, 1.54) is 42.5 Å². The summed E-state index contributed by atoms with van der Waals surface area (Å²) in [6.07, 6.45) is 1.46. The van der Waals surface area contributed by atoms with Gasteiger partial charge in [-0.1, -0.05) is 11.6 Å². The minimum absolute atomic E-state index is 0.0233. The van der Waals surface area contributed by atoms with Crippen molar-refractivity contribution in [2.45, 2.75) is 13.8 Å². The lowest BCUT2D eigenvalue weighted by Gasteiger charge is -2.29. The SMILES string of the molecule is Cc1cc(/C=C2\C(=O)NC(=S)N(c3ccc(C(=O)O)cc3)C2=O)c(C)n1-c1ccc(F)c(Cl)c1. The fraction of sp³-hybridized carbons (Fsp3) is 0.0833. The van der Waals surface area contributed by atoms with Gasteiger partial charge in [0, 0.05) is 17.1 Å². The molecular weight excluding hydrogens is 481 g/mol. The molecule has 1 aliphatic rings. The molecule has 1 fully saturated rings. The second-order valence-corrected chi connectivity index (χ2v) is 8.36. The van der Waals surface area contributed by atoms with Crippen molar-refractivity contribution in [3.8, 4) is 5.69 Å². The Morgan fingerprint density at radius 1 is 1.09 bits per heavy atom. The van der Waals surface area contributed by atoms with Crippen molar-refractivity contribution >= 4 is 58.5 Å². The molecule has 0 bridgehead atoms. The van der Waals surface area contributed by atoms with Gasteiger partial charge in [0.15, 0.2) is 5.11 Å². The molecule has 10 heteroatoms. The average molecular weight is 498 g/mol. The fourth-order valence-corrected chi connectivity index (χ4v) is 4.21. The monoisotopic (exact) mass is 497 g/mol. The molecule has 1 aliphatic heterocycles. The van der Waals surface area contributed by atoms with Gasteiger partial charge in [0.1, 0.15) is 11.4 Å². The van der Waals surface area contributed by atoms with E-state index >= 15 is 0 Å². The number of carboxylic acids is 1. The molecule has 0 spiro atoms. The predicted molar refractivity (Wildman–Crippen MR) is 130 cm³/mol. The van der Waals surface area contributed by atoms with Crippen LogP contribution in [0.4, 0.5) is 10.1 Å².